The van der Waals surface area contributed by atoms with E-state index in [4.69, 9.17) is 11.6 Å². The maximum absolute atomic E-state index is 13.5. The number of nitrogens with zero attached hydrogens (tertiary/aromatic N) is 3. The van der Waals surface area contributed by atoms with Gasteiger partial charge >= 0.3 is 0 Å². The zero-order valence-electron chi connectivity index (χ0n) is 16.9. The van der Waals surface area contributed by atoms with Crippen molar-refractivity contribution in [1.29, 1.82) is 0 Å². The van der Waals surface area contributed by atoms with E-state index in [2.05, 4.69) is 20.4 Å². The fourth-order valence-corrected chi connectivity index (χ4v) is 5.21. The second kappa shape index (κ2) is 8.52. The molecule has 1 saturated heterocycles. The van der Waals surface area contributed by atoms with Crippen molar-refractivity contribution in [3.05, 3.63) is 76.8 Å². The Kier molecular flexibility index (Phi) is 5.59. The molecule has 3 atom stereocenters. The summed E-state index contributed by atoms with van der Waals surface area (Å²) in [5, 5.41) is 12.4. The van der Waals surface area contributed by atoms with Gasteiger partial charge in [0.25, 0.3) is 0 Å². The van der Waals surface area contributed by atoms with E-state index in [1.807, 2.05) is 18.2 Å². The van der Waals surface area contributed by atoms with Crippen molar-refractivity contribution in [3.8, 4) is 11.3 Å². The van der Waals surface area contributed by atoms with E-state index in [0.29, 0.717) is 34.2 Å². The molecular weight excluding hydrogens is 418 g/mol. The maximum atomic E-state index is 13.5. The van der Waals surface area contributed by atoms with Gasteiger partial charge in [0.15, 0.2) is 0 Å². The van der Waals surface area contributed by atoms with Gasteiger partial charge in [-0.05, 0) is 72.7 Å². The molecular formula is C24H23ClF2N4. The first-order valence-corrected chi connectivity index (χ1v) is 10.9. The molecule has 0 amide bonds. The minimum atomic E-state index is -0.354. The van der Waals surface area contributed by atoms with E-state index in [-0.39, 0.29) is 11.6 Å². The highest BCUT2D eigenvalue weighted by molar-refractivity contribution is 6.33. The molecule has 2 heterocycles. The molecule has 2 aliphatic rings. The van der Waals surface area contributed by atoms with E-state index in [9.17, 15) is 8.78 Å². The lowest BCUT2D eigenvalue weighted by atomic mass is 10.0. The lowest BCUT2D eigenvalue weighted by molar-refractivity contribution is 0.300. The van der Waals surface area contributed by atoms with Gasteiger partial charge in [0, 0.05) is 31.2 Å². The summed E-state index contributed by atoms with van der Waals surface area (Å²) in [5.74, 6) is 1.48. The van der Waals surface area contributed by atoms with E-state index in [1.54, 1.807) is 12.1 Å². The Hall–Kier alpha value is -2.57. The first-order valence-electron chi connectivity index (χ1n) is 10.6. The number of aromatic nitrogens is 2. The highest BCUT2D eigenvalue weighted by Crippen LogP contribution is 2.39. The summed E-state index contributed by atoms with van der Waals surface area (Å²) in [6, 6.07) is 15.1. The lowest BCUT2D eigenvalue weighted by Gasteiger charge is -2.20. The zero-order chi connectivity index (χ0) is 21.4. The van der Waals surface area contributed by atoms with Crippen LogP contribution in [0.3, 0.4) is 0 Å². The first kappa shape index (κ1) is 20.3. The highest BCUT2D eigenvalue weighted by atomic mass is 35.5. The van der Waals surface area contributed by atoms with E-state index >= 15 is 0 Å². The number of halogens is 3. The summed E-state index contributed by atoms with van der Waals surface area (Å²) in [5.41, 5.74) is 2.12. The second-order valence-corrected chi connectivity index (χ2v) is 8.99. The molecule has 1 unspecified atom stereocenters. The number of fused-ring (bicyclic) bond motifs is 1. The smallest absolute Gasteiger partial charge is 0.148 e. The van der Waals surface area contributed by atoms with Crippen LogP contribution in [0.25, 0.3) is 11.3 Å². The largest absolute Gasteiger partial charge is 0.366 e. The van der Waals surface area contributed by atoms with Crippen LogP contribution in [0.2, 0.25) is 5.02 Å². The van der Waals surface area contributed by atoms with Gasteiger partial charge < -0.3 is 5.32 Å². The molecule has 3 aromatic rings. The molecule has 1 aliphatic heterocycles. The molecule has 160 valence electrons. The van der Waals surface area contributed by atoms with Gasteiger partial charge in [-0.3, -0.25) is 4.90 Å². The van der Waals surface area contributed by atoms with E-state index in [1.165, 1.54) is 24.3 Å². The quantitative estimate of drug-likeness (QED) is 0.577. The third kappa shape index (κ3) is 4.55. The van der Waals surface area contributed by atoms with Gasteiger partial charge in [-0.1, -0.05) is 23.7 Å². The van der Waals surface area contributed by atoms with Gasteiger partial charge in [0.1, 0.15) is 17.5 Å². The van der Waals surface area contributed by atoms with Crippen molar-refractivity contribution in [3.63, 3.8) is 0 Å². The summed E-state index contributed by atoms with van der Waals surface area (Å²) >= 11 is 6.16. The monoisotopic (exact) mass is 440 g/mol. The summed E-state index contributed by atoms with van der Waals surface area (Å²) in [7, 11) is 0. The van der Waals surface area contributed by atoms with E-state index in [0.717, 1.165) is 43.9 Å². The normalized spacial score (nSPS) is 23.1. The van der Waals surface area contributed by atoms with Gasteiger partial charge in [-0.25, -0.2) is 8.78 Å². The Morgan fingerprint density at radius 1 is 0.935 bits per heavy atom. The van der Waals surface area contributed by atoms with Gasteiger partial charge in [0.2, 0.25) is 0 Å². The SMILES string of the molecule is Fc1cccc(CN2C[C@H]3CC(Nc4ccc(-c5cc(F)ccc5Cl)nn4)C[C@H]3C2)c1. The number of benzene rings is 2. The number of hydrogen-bond donors (Lipinski definition) is 1. The Morgan fingerprint density at radius 2 is 1.71 bits per heavy atom. The summed E-state index contributed by atoms with van der Waals surface area (Å²) < 4.78 is 27.0. The fraction of sp³-hybridized carbons (Fsp3) is 0.333. The van der Waals surface area contributed by atoms with Crippen molar-refractivity contribution in [1.82, 2.24) is 15.1 Å². The van der Waals surface area contributed by atoms with Crippen molar-refractivity contribution in [2.24, 2.45) is 11.8 Å². The van der Waals surface area contributed by atoms with Crippen molar-refractivity contribution < 1.29 is 8.78 Å². The molecule has 2 fully saturated rings. The van der Waals surface area contributed by atoms with Crippen LogP contribution >= 0.6 is 11.6 Å². The predicted molar refractivity (Wildman–Crippen MR) is 118 cm³/mol. The molecule has 4 nitrogen and oxygen atoms in total. The number of rotatable bonds is 5. The molecule has 1 saturated carbocycles. The van der Waals surface area contributed by atoms with Crippen molar-refractivity contribution in [2.75, 3.05) is 18.4 Å². The molecule has 5 rings (SSSR count). The first-order chi connectivity index (χ1) is 15.0. The Labute approximate surface area is 185 Å². The average molecular weight is 441 g/mol. The third-order valence-electron chi connectivity index (χ3n) is 6.34. The van der Waals surface area contributed by atoms with Crippen LogP contribution in [0.5, 0.6) is 0 Å². The van der Waals surface area contributed by atoms with Crippen LogP contribution in [0.1, 0.15) is 18.4 Å². The van der Waals surface area contributed by atoms with Crippen LogP contribution < -0.4 is 5.32 Å². The molecule has 0 radical (unpaired) electrons. The van der Waals surface area contributed by atoms with Crippen molar-refractivity contribution in [2.45, 2.75) is 25.4 Å². The average Bonchev–Trinajstić information content (AvgIpc) is 3.28. The lowest BCUT2D eigenvalue weighted by Crippen LogP contribution is -2.25. The molecule has 0 spiro atoms. The molecule has 0 bridgehead atoms. The predicted octanol–water partition coefficient (Wildman–Crippen LogP) is 5.40. The van der Waals surface area contributed by atoms with E-state index < -0.39 is 0 Å². The molecule has 31 heavy (non-hydrogen) atoms. The van der Waals surface area contributed by atoms with Crippen LogP contribution in [0, 0.1) is 23.5 Å². The van der Waals surface area contributed by atoms with Crippen LogP contribution in [0.15, 0.2) is 54.6 Å². The summed E-state index contributed by atoms with van der Waals surface area (Å²) in [4.78, 5) is 2.43. The Balaban J connectivity index is 1.17. The topological polar surface area (TPSA) is 41.0 Å². The van der Waals surface area contributed by atoms with Gasteiger partial charge in [-0.2, -0.15) is 0 Å². The highest BCUT2D eigenvalue weighted by Gasteiger charge is 2.40. The maximum Gasteiger partial charge on any atom is 0.148 e. The van der Waals surface area contributed by atoms with Crippen LogP contribution in [-0.4, -0.2) is 34.2 Å². The van der Waals surface area contributed by atoms with Crippen LogP contribution in [-0.2, 0) is 6.54 Å². The molecule has 1 N–H and O–H groups in total. The molecule has 1 aromatic heterocycles. The minimum Gasteiger partial charge on any atom is -0.366 e. The number of nitrogens with one attached hydrogen (secondary N) is 1. The standard InChI is InChI=1S/C24H23ClF2N4/c25-22-5-4-19(27)11-21(22)23-6-7-24(30-29-23)28-20-9-16-13-31(14-17(16)10-20)12-15-2-1-3-18(26)8-15/h1-8,11,16-17,20H,9-10,12-14H2,(H,28,30)/t16-,17+,20?. The Bertz CT molecular complexity index is 1060. The minimum absolute atomic E-state index is 0.173. The molecule has 2 aromatic carbocycles. The Morgan fingerprint density at radius 3 is 2.42 bits per heavy atom. The van der Waals surface area contributed by atoms with Gasteiger partial charge in [0.05, 0.1) is 10.7 Å². The summed E-state index contributed by atoms with van der Waals surface area (Å²) in [6.07, 6.45) is 2.17. The second-order valence-electron chi connectivity index (χ2n) is 8.58. The van der Waals surface area contributed by atoms with Crippen LogP contribution in [0.4, 0.5) is 14.6 Å². The fourth-order valence-electron chi connectivity index (χ4n) is 4.99. The summed E-state index contributed by atoms with van der Waals surface area (Å²) in [6.45, 7) is 2.89. The molecule has 7 heteroatoms. The number of anilines is 1. The molecule has 1 aliphatic carbocycles. The van der Waals surface area contributed by atoms with Crippen molar-refractivity contribution >= 4 is 17.4 Å². The number of likely N-dealkylation sites (tertiary alicyclic amines) is 1. The third-order valence-corrected chi connectivity index (χ3v) is 6.67. The van der Waals surface area contributed by atoms with Gasteiger partial charge in [-0.15, -0.1) is 10.2 Å². The zero-order valence-corrected chi connectivity index (χ0v) is 17.7. The number of hydrogen-bond acceptors (Lipinski definition) is 4.